The van der Waals surface area contributed by atoms with Gasteiger partial charge in [0.2, 0.25) is 5.69 Å². The van der Waals surface area contributed by atoms with Crippen LogP contribution in [0.15, 0.2) is 79.0 Å². The average molecular weight is 543 g/mol. The van der Waals surface area contributed by atoms with Crippen molar-refractivity contribution >= 4 is 29.1 Å². The van der Waals surface area contributed by atoms with E-state index in [2.05, 4.69) is 14.7 Å². The lowest BCUT2D eigenvalue weighted by molar-refractivity contribution is 0.0624. The van der Waals surface area contributed by atoms with E-state index in [1.807, 2.05) is 50.2 Å². The van der Waals surface area contributed by atoms with Crippen LogP contribution in [0.5, 0.6) is 0 Å². The molecule has 1 aromatic heterocycles. The molecule has 0 aliphatic carbocycles. The number of ketones is 1. The molecular formula is C32H26N6O3. The molecule has 0 saturated carbocycles. The highest BCUT2D eigenvalue weighted by Gasteiger charge is 2.36. The summed E-state index contributed by atoms with van der Waals surface area (Å²) < 4.78 is 0. The molecule has 0 atom stereocenters. The van der Waals surface area contributed by atoms with Crippen molar-refractivity contribution in [2.75, 3.05) is 18.8 Å². The quantitative estimate of drug-likeness (QED) is 0.141. The van der Waals surface area contributed by atoms with Crippen molar-refractivity contribution < 1.29 is 14.4 Å². The van der Waals surface area contributed by atoms with Gasteiger partial charge in [0.25, 0.3) is 18.4 Å². The fourth-order valence-electron chi connectivity index (χ4n) is 3.90. The van der Waals surface area contributed by atoms with Gasteiger partial charge in [-0.05, 0) is 37.7 Å². The summed E-state index contributed by atoms with van der Waals surface area (Å²) in [5.41, 5.74) is 11.5. The van der Waals surface area contributed by atoms with E-state index in [1.165, 1.54) is 5.56 Å². The van der Waals surface area contributed by atoms with Gasteiger partial charge in [-0.3, -0.25) is 19.3 Å². The summed E-state index contributed by atoms with van der Waals surface area (Å²) in [4.78, 5) is 46.6. The number of aromatic nitrogens is 1. The van der Waals surface area contributed by atoms with E-state index in [-0.39, 0.29) is 18.9 Å². The fourth-order valence-corrected chi connectivity index (χ4v) is 3.90. The van der Waals surface area contributed by atoms with Crippen LogP contribution in [0.2, 0.25) is 0 Å². The zero-order chi connectivity index (χ0) is 29.9. The molecule has 4 aromatic rings. The molecule has 0 unspecified atom stereocenters. The van der Waals surface area contributed by atoms with Crippen molar-refractivity contribution in [3.05, 3.63) is 130 Å². The second-order valence-electron chi connectivity index (χ2n) is 8.95. The molecule has 3 N–H and O–H groups in total. The number of carbonyl (C=O) groups is 3. The number of benzene rings is 3. The summed E-state index contributed by atoms with van der Waals surface area (Å²) >= 11 is 0. The van der Waals surface area contributed by atoms with Crippen LogP contribution < -0.4 is 5.73 Å². The fraction of sp³-hybridized carbons (Fsp3) is 0.125. The van der Waals surface area contributed by atoms with E-state index in [4.69, 9.17) is 24.1 Å². The number of aryl methyl sites for hydroxylation is 2. The van der Waals surface area contributed by atoms with Crippen LogP contribution in [0, 0.1) is 38.3 Å². The molecule has 2 amide bonds. The minimum Gasteiger partial charge on any atom is -0.394 e. The van der Waals surface area contributed by atoms with Crippen molar-refractivity contribution in [3.8, 4) is 17.2 Å². The Kier molecular flexibility index (Phi) is 9.89. The Hall–Kier alpha value is -5.98. The number of aromatic amines is 1. The number of nitriles is 1. The number of nitrogen functional groups attached to an aromatic ring is 1. The number of fused-ring (bicyclic) bond motifs is 1. The van der Waals surface area contributed by atoms with Gasteiger partial charge in [0.15, 0.2) is 5.78 Å². The van der Waals surface area contributed by atoms with E-state index in [9.17, 15) is 14.4 Å². The van der Waals surface area contributed by atoms with Gasteiger partial charge in [0, 0.05) is 11.1 Å². The number of hydrogen-bond acceptors (Lipinski definition) is 5. The van der Waals surface area contributed by atoms with Crippen LogP contribution in [0.25, 0.3) is 20.8 Å². The van der Waals surface area contributed by atoms with E-state index in [0.717, 1.165) is 21.6 Å². The molecule has 3 aromatic carbocycles. The van der Waals surface area contributed by atoms with Gasteiger partial charge in [0.1, 0.15) is 11.9 Å². The standard InChI is InChI=1S/C17H13NO3.C12H11N3.C3H2N2/c1-11-6-8-12(9-7-11)15(19)10-18-16(20)13-4-2-3-5-14(13)17(18)21;1-8-3-5-9(6-4-8)10-7-15-12(13)11(10)14-2;1-5-3-2-4/h2-9H,10H2,1H3;3-7,15H,13H2,1H3;3H2. The molecule has 1 aliphatic heterocycles. The van der Waals surface area contributed by atoms with Gasteiger partial charge in [0.05, 0.1) is 24.2 Å². The largest absolute Gasteiger partial charge is 0.394 e. The summed E-state index contributed by atoms with van der Waals surface area (Å²) in [6.07, 6.45) is 1.77. The third-order valence-electron chi connectivity index (χ3n) is 6.06. The Balaban J connectivity index is 0.000000202. The molecule has 9 nitrogen and oxygen atoms in total. The molecule has 9 heteroatoms. The number of nitrogens with one attached hydrogen (secondary N) is 1. The second kappa shape index (κ2) is 13.7. The van der Waals surface area contributed by atoms with Gasteiger partial charge >= 0.3 is 0 Å². The summed E-state index contributed by atoms with van der Waals surface area (Å²) in [6, 6.07) is 23.4. The highest BCUT2D eigenvalue weighted by atomic mass is 16.2. The predicted molar refractivity (Wildman–Crippen MR) is 156 cm³/mol. The molecule has 1 aliphatic rings. The number of nitrogens with two attached hydrogens (primary N) is 1. The van der Waals surface area contributed by atoms with Gasteiger partial charge < -0.3 is 15.6 Å². The van der Waals surface area contributed by atoms with Crippen LogP contribution in [-0.4, -0.2) is 40.6 Å². The number of nitrogens with zero attached hydrogens (tertiary/aromatic N) is 4. The molecule has 202 valence electrons. The van der Waals surface area contributed by atoms with Gasteiger partial charge in [-0.2, -0.15) is 5.26 Å². The molecule has 2 heterocycles. The normalized spacial score (nSPS) is 11.0. The predicted octanol–water partition coefficient (Wildman–Crippen LogP) is 6.03. The number of carbonyl (C=O) groups excluding carboxylic acids is 3. The Morgan fingerprint density at radius 3 is 1.90 bits per heavy atom. The molecule has 0 fully saturated rings. The van der Waals surface area contributed by atoms with Crippen LogP contribution in [0.1, 0.15) is 42.2 Å². The van der Waals surface area contributed by atoms with Gasteiger partial charge in [-0.25, -0.2) is 11.4 Å². The monoisotopic (exact) mass is 542 g/mol. The number of amides is 2. The Morgan fingerprint density at radius 2 is 1.44 bits per heavy atom. The van der Waals surface area contributed by atoms with E-state index in [1.54, 1.807) is 48.7 Å². The molecular weight excluding hydrogens is 516 g/mol. The number of rotatable bonds is 4. The van der Waals surface area contributed by atoms with Crippen molar-refractivity contribution in [2.24, 2.45) is 0 Å². The third-order valence-corrected chi connectivity index (χ3v) is 6.06. The average Bonchev–Trinajstić information content (AvgIpc) is 3.47. The molecule has 0 bridgehead atoms. The lowest BCUT2D eigenvalue weighted by Crippen LogP contribution is -2.34. The summed E-state index contributed by atoms with van der Waals surface area (Å²) in [5, 5.41) is 7.60. The Labute approximate surface area is 238 Å². The smallest absolute Gasteiger partial charge is 0.298 e. The van der Waals surface area contributed by atoms with E-state index in [0.29, 0.717) is 28.2 Å². The minimum atomic E-state index is -0.406. The van der Waals surface area contributed by atoms with Crippen molar-refractivity contribution in [1.29, 1.82) is 5.26 Å². The van der Waals surface area contributed by atoms with Crippen molar-refractivity contribution in [1.82, 2.24) is 9.88 Å². The van der Waals surface area contributed by atoms with E-state index < -0.39 is 11.8 Å². The first kappa shape index (κ1) is 29.6. The first-order chi connectivity index (χ1) is 19.7. The van der Waals surface area contributed by atoms with Gasteiger partial charge in [-0.1, -0.05) is 71.8 Å². The highest BCUT2D eigenvalue weighted by molar-refractivity contribution is 6.23. The first-order valence-corrected chi connectivity index (χ1v) is 12.4. The zero-order valence-corrected chi connectivity index (χ0v) is 22.5. The third kappa shape index (κ3) is 7.11. The number of hydrogen-bond donors (Lipinski definition) is 2. The number of H-pyrrole nitrogens is 1. The maximum Gasteiger partial charge on any atom is 0.298 e. The topological polar surface area (TPSA) is 129 Å². The SMILES string of the molecule is Cc1ccc(C(=O)CN2C(=O)c3ccccc3C2=O)cc1.[C-]#[N+]CC#N.[C-]#[N+]c1c(-c2ccc(C)cc2)c[nH]c1N. The molecule has 0 saturated heterocycles. The summed E-state index contributed by atoms with van der Waals surface area (Å²) in [5.74, 6) is -0.628. The number of Topliss-reactive ketones (excluding diaryl/α,β-unsaturated/α-hetero) is 1. The Bertz CT molecular complexity index is 1650. The highest BCUT2D eigenvalue weighted by Crippen LogP contribution is 2.35. The Morgan fingerprint density at radius 1 is 0.902 bits per heavy atom. The van der Waals surface area contributed by atoms with E-state index >= 15 is 0 Å². The number of anilines is 1. The maximum absolute atomic E-state index is 12.2. The second-order valence-corrected chi connectivity index (χ2v) is 8.95. The first-order valence-electron chi connectivity index (χ1n) is 12.4. The molecule has 41 heavy (non-hydrogen) atoms. The van der Waals surface area contributed by atoms with Crippen LogP contribution >= 0.6 is 0 Å². The molecule has 0 radical (unpaired) electrons. The van der Waals surface area contributed by atoms with Crippen LogP contribution in [0.4, 0.5) is 11.5 Å². The minimum absolute atomic E-state index is 0.0139. The molecule has 5 rings (SSSR count). The van der Waals surface area contributed by atoms with Crippen molar-refractivity contribution in [2.45, 2.75) is 13.8 Å². The van der Waals surface area contributed by atoms with Crippen LogP contribution in [-0.2, 0) is 0 Å². The summed E-state index contributed by atoms with van der Waals surface area (Å²) in [6.45, 7) is 16.8. The summed E-state index contributed by atoms with van der Waals surface area (Å²) in [7, 11) is 0. The van der Waals surface area contributed by atoms with Gasteiger partial charge in [-0.15, -0.1) is 0 Å². The lowest BCUT2D eigenvalue weighted by Gasteiger charge is -2.12. The maximum atomic E-state index is 12.2. The zero-order valence-electron chi connectivity index (χ0n) is 22.5. The van der Waals surface area contributed by atoms with Crippen molar-refractivity contribution in [3.63, 3.8) is 0 Å². The van der Waals surface area contributed by atoms with Crippen LogP contribution in [0.3, 0.4) is 0 Å². The lowest BCUT2D eigenvalue weighted by atomic mass is 10.1. The molecule has 0 spiro atoms. The number of imide groups is 1.